The molecule has 0 fully saturated rings. The highest BCUT2D eigenvalue weighted by Crippen LogP contribution is 2.29. The van der Waals surface area contributed by atoms with Crippen molar-refractivity contribution >= 4 is 50.2 Å². The van der Waals surface area contributed by atoms with Gasteiger partial charge in [0, 0.05) is 9.50 Å². The number of hydrogen-bond acceptors (Lipinski definition) is 1. The normalized spacial score (nSPS) is 11.1. The fourth-order valence-corrected chi connectivity index (χ4v) is 2.90. The molecule has 0 aliphatic heterocycles. The molecule has 2 nitrogen and oxygen atoms in total. The van der Waals surface area contributed by atoms with E-state index in [0.717, 1.165) is 27.0 Å². The Morgan fingerprint density at radius 3 is 2.68 bits per heavy atom. The van der Waals surface area contributed by atoms with Gasteiger partial charge in [0.1, 0.15) is 5.82 Å². The lowest BCUT2D eigenvalue weighted by Gasteiger charge is -2.09. The summed E-state index contributed by atoms with van der Waals surface area (Å²) in [4.78, 5) is 4.54. The van der Waals surface area contributed by atoms with Crippen LogP contribution in [0.4, 0.5) is 0 Å². The fourth-order valence-electron chi connectivity index (χ4n) is 2.09. The Morgan fingerprint density at radius 2 is 1.95 bits per heavy atom. The zero-order valence-electron chi connectivity index (χ0n) is 9.78. The van der Waals surface area contributed by atoms with Gasteiger partial charge in [0.05, 0.1) is 22.6 Å². The van der Waals surface area contributed by atoms with Crippen LogP contribution in [-0.4, -0.2) is 9.55 Å². The average molecular weight is 356 g/mol. The maximum Gasteiger partial charge on any atom is 0.129 e. The molecule has 0 saturated heterocycles. The Hall–Kier alpha value is -1.03. The van der Waals surface area contributed by atoms with E-state index in [9.17, 15) is 0 Å². The molecule has 96 valence electrons. The van der Waals surface area contributed by atoms with E-state index >= 15 is 0 Å². The molecule has 1 aromatic heterocycles. The van der Waals surface area contributed by atoms with E-state index in [1.807, 2.05) is 47.0 Å². The van der Waals surface area contributed by atoms with E-state index in [-0.39, 0.29) is 0 Å². The van der Waals surface area contributed by atoms with Gasteiger partial charge < -0.3 is 0 Å². The lowest BCUT2D eigenvalue weighted by atomic mass is 10.3. The first-order valence-electron chi connectivity index (χ1n) is 5.68. The van der Waals surface area contributed by atoms with Crippen molar-refractivity contribution in [1.82, 2.24) is 9.55 Å². The van der Waals surface area contributed by atoms with Crippen LogP contribution in [0.25, 0.3) is 16.7 Å². The number of aromatic nitrogens is 2. The van der Waals surface area contributed by atoms with Crippen LogP contribution in [0.15, 0.2) is 46.9 Å². The van der Waals surface area contributed by atoms with Gasteiger partial charge in [0.25, 0.3) is 0 Å². The molecule has 3 rings (SSSR count). The van der Waals surface area contributed by atoms with Gasteiger partial charge in [-0.2, -0.15) is 0 Å². The summed E-state index contributed by atoms with van der Waals surface area (Å²) >= 11 is 15.6. The monoisotopic (exact) mass is 354 g/mol. The lowest BCUT2D eigenvalue weighted by Crippen LogP contribution is -1.99. The molecule has 0 aliphatic carbocycles. The van der Waals surface area contributed by atoms with Crippen molar-refractivity contribution in [2.45, 2.75) is 5.88 Å². The molecule has 0 amide bonds. The molecule has 19 heavy (non-hydrogen) atoms. The van der Waals surface area contributed by atoms with Crippen LogP contribution in [0, 0.1) is 0 Å². The molecular weight excluding hydrogens is 347 g/mol. The van der Waals surface area contributed by atoms with Crippen molar-refractivity contribution in [3.05, 3.63) is 57.8 Å². The smallest absolute Gasteiger partial charge is 0.129 e. The van der Waals surface area contributed by atoms with Crippen molar-refractivity contribution in [1.29, 1.82) is 0 Å². The number of fused-ring (bicyclic) bond motifs is 1. The van der Waals surface area contributed by atoms with E-state index < -0.39 is 0 Å². The standard InChI is InChI=1S/C14H9BrCl2N2/c15-10-3-1-2-4-12(10)19-13-6-5-9(17)7-11(13)18-14(19)8-16/h1-7H,8H2. The van der Waals surface area contributed by atoms with Gasteiger partial charge in [-0.25, -0.2) is 4.98 Å². The van der Waals surface area contributed by atoms with Gasteiger partial charge in [-0.3, -0.25) is 4.57 Å². The molecule has 2 aromatic carbocycles. The Balaban J connectivity index is 2.36. The summed E-state index contributed by atoms with van der Waals surface area (Å²) in [5, 5.41) is 0.672. The topological polar surface area (TPSA) is 17.8 Å². The predicted octanol–water partition coefficient (Wildman–Crippen LogP) is 5.18. The predicted molar refractivity (Wildman–Crippen MR) is 83.3 cm³/mol. The summed E-state index contributed by atoms with van der Waals surface area (Å²) in [5.41, 5.74) is 2.86. The van der Waals surface area contributed by atoms with Crippen LogP contribution >= 0.6 is 39.1 Å². The van der Waals surface area contributed by atoms with Gasteiger partial charge in [-0.15, -0.1) is 11.6 Å². The van der Waals surface area contributed by atoms with Crippen LogP contribution < -0.4 is 0 Å². The molecule has 0 aliphatic rings. The van der Waals surface area contributed by atoms with Gasteiger partial charge in [-0.05, 0) is 46.3 Å². The van der Waals surface area contributed by atoms with Crippen molar-refractivity contribution < 1.29 is 0 Å². The molecular formula is C14H9BrCl2N2. The van der Waals surface area contributed by atoms with E-state index in [2.05, 4.69) is 20.9 Å². The van der Waals surface area contributed by atoms with Gasteiger partial charge in [-0.1, -0.05) is 23.7 Å². The SMILES string of the molecule is ClCc1nc2cc(Cl)ccc2n1-c1ccccc1Br. The maximum atomic E-state index is 6.01. The molecule has 0 unspecified atom stereocenters. The molecule has 5 heteroatoms. The first kappa shape index (κ1) is 13.0. The fraction of sp³-hybridized carbons (Fsp3) is 0.0714. The van der Waals surface area contributed by atoms with E-state index in [1.54, 1.807) is 0 Å². The third-order valence-corrected chi connectivity index (χ3v) is 4.04. The zero-order valence-corrected chi connectivity index (χ0v) is 12.9. The second-order valence-corrected chi connectivity index (χ2v) is 5.64. The van der Waals surface area contributed by atoms with Crippen LogP contribution in [0.2, 0.25) is 5.02 Å². The van der Waals surface area contributed by atoms with Gasteiger partial charge in [0.2, 0.25) is 0 Å². The minimum atomic E-state index is 0.341. The molecule has 0 N–H and O–H groups in total. The highest BCUT2D eigenvalue weighted by atomic mass is 79.9. The zero-order chi connectivity index (χ0) is 13.4. The summed E-state index contributed by atoms with van der Waals surface area (Å²) in [6, 6.07) is 13.6. The minimum absolute atomic E-state index is 0.341. The Bertz CT molecular complexity index is 752. The summed E-state index contributed by atoms with van der Waals surface area (Å²) in [6.07, 6.45) is 0. The summed E-state index contributed by atoms with van der Waals surface area (Å²) in [6.45, 7) is 0. The van der Waals surface area contributed by atoms with Crippen molar-refractivity contribution in [2.24, 2.45) is 0 Å². The van der Waals surface area contributed by atoms with E-state index in [0.29, 0.717) is 10.9 Å². The second-order valence-electron chi connectivity index (χ2n) is 4.08. The lowest BCUT2D eigenvalue weighted by molar-refractivity contribution is 0.977. The summed E-state index contributed by atoms with van der Waals surface area (Å²) in [7, 11) is 0. The first-order valence-corrected chi connectivity index (χ1v) is 7.39. The quantitative estimate of drug-likeness (QED) is 0.579. The highest BCUT2D eigenvalue weighted by molar-refractivity contribution is 9.10. The van der Waals surface area contributed by atoms with E-state index in [4.69, 9.17) is 23.2 Å². The molecule has 0 saturated carbocycles. The Morgan fingerprint density at radius 1 is 1.16 bits per heavy atom. The largest absolute Gasteiger partial charge is 0.294 e. The third-order valence-electron chi connectivity index (χ3n) is 2.90. The van der Waals surface area contributed by atoms with Gasteiger partial charge in [0.15, 0.2) is 0 Å². The first-order chi connectivity index (χ1) is 9.20. The third kappa shape index (κ3) is 2.27. The van der Waals surface area contributed by atoms with Crippen LogP contribution in [0.3, 0.4) is 0 Å². The number of rotatable bonds is 2. The van der Waals surface area contributed by atoms with Crippen molar-refractivity contribution in [3.63, 3.8) is 0 Å². The van der Waals surface area contributed by atoms with Crippen molar-refractivity contribution in [2.75, 3.05) is 0 Å². The number of benzene rings is 2. The van der Waals surface area contributed by atoms with Crippen LogP contribution in [-0.2, 0) is 5.88 Å². The minimum Gasteiger partial charge on any atom is -0.294 e. The number of para-hydroxylation sites is 1. The van der Waals surface area contributed by atoms with Crippen LogP contribution in [0.5, 0.6) is 0 Å². The Kier molecular flexibility index (Phi) is 3.52. The highest BCUT2D eigenvalue weighted by Gasteiger charge is 2.13. The molecule has 0 atom stereocenters. The summed E-state index contributed by atoms with van der Waals surface area (Å²) < 4.78 is 3.04. The number of hydrogen-bond donors (Lipinski definition) is 0. The number of halogens is 3. The molecule has 3 aromatic rings. The molecule has 1 heterocycles. The van der Waals surface area contributed by atoms with Gasteiger partial charge >= 0.3 is 0 Å². The van der Waals surface area contributed by atoms with Crippen molar-refractivity contribution in [3.8, 4) is 5.69 Å². The molecule has 0 spiro atoms. The summed E-state index contributed by atoms with van der Waals surface area (Å²) in [5.74, 6) is 1.14. The second kappa shape index (κ2) is 5.16. The molecule has 0 bridgehead atoms. The number of nitrogens with zero attached hydrogens (tertiary/aromatic N) is 2. The number of imidazole rings is 1. The van der Waals surface area contributed by atoms with Crippen LogP contribution in [0.1, 0.15) is 5.82 Å². The maximum absolute atomic E-state index is 6.01. The average Bonchev–Trinajstić information content (AvgIpc) is 2.76. The number of alkyl halides is 1. The van der Waals surface area contributed by atoms with E-state index in [1.165, 1.54) is 0 Å². The Labute approximate surface area is 129 Å². The molecule has 0 radical (unpaired) electrons.